The Hall–Kier alpha value is -0.790. The van der Waals surface area contributed by atoms with Crippen LogP contribution in [-0.2, 0) is 4.79 Å². The zero-order chi connectivity index (χ0) is 9.71. The fraction of sp³-hybridized carbons (Fsp3) is 0.750. The largest absolute Gasteiger partial charge is 0.478 e. The lowest BCUT2D eigenvalue weighted by molar-refractivity contribution is -0.133. The Balaban J connectivity index is 1.98. The van der Waals surface area contributed by atoms with Crippen LogP contribution in [-0.4, -0.2) is 11.1 Å². The molecule has 2 heteroatoms. The Kier molecular flexibility index (Phi) is 1.73. The maximum atomic E-state index is 11.1. The van der Waals surface area contributed by atoms with Gasteiger partial charge in [0.1, 0.15) is 0 Å². The van der Waals surface area contributed by atoms with Gasteiger partial charge in [0.05, 0.1) is 0 Å². The first kappa shape index (κ1) is 8.51. The molecule has 0 heterocycles. The normalized spacial score (nSPS) is 44.7. The number of carboxylic acid groups (broad SMARTS) is 1. The molecule has 76 valence electrons. The summed E-state index contributed by atoms with van der Waals surface area (Å²) in [5, 5.41) is 9.14. The van der Waals surface area contributed by atoms with Gasteiger partial charge in [-0.15, -0.1) is 0 Å². The molecule has 0 radical (unpaired) electrons. The molecule has 4 rings (SSSR count). The van der Waals surface area contributed by atoms with Gasteiger partial charge in [-0.2, -0.15) is 0 Å². The molecule has 0 saturated heterocycles. The van der Waals surface area contributed by atoms with Crippen LogP contribution in [0.5, 0.6) is 0 Å². The molecule has 0 aromatic heterocycles. The zero-order valence-electron chi connectivity index (χ0n) is 8.28. The molecule has 0 aromatic rings. The van der Waals surface area contributed by atoms with Crippen LogP contribution in [0, 0.1) is 23.7 Å². The van der Waals surface area contributed by atoms with Crippen LogP contribution in [0.4, 0.5) is 0 Å². The highest BCUT2D eigenvalue weighted by molar-refractivity contribution is 5.87. The first-order chi connectivity index (χ1) is 6.72. The van der Waals surface area contributed by atoms with E-state index in [1.807, 2.05) is 0 Å². The van der Waals surface area contributed by atoms with E-state index in [-0.39, 0.29) is 0 Å². The van der Waals surface area contributed by atoms with Gasteiger partial charge in [0.15, 0.2) is 0 Å². The number of aliphatic carboxylic acids is 1. The van der Waals surface area contributed by atoms with Crippen molar-refractivity contribution in [1.29, 1.82) is 0 Å². The molecule has 2 unspecified atom stereocenters. The Morgan fingerprint density at radius 3 is 2.36 bits per heavy atom. The summed E-state index contributed by atoms with van der Waals surface area (Å²) in [7, 11) is 0. The van der Waals surface area contributed by atoms with E-state index in [4.69, 9.17) is 5.11 Å². The highest BCUT2D eigenvalue weighted by atomic mass is 16.4. The molecule has 4 aliphatic rings. The highest BCUT2D eigenvalue weighted by Crippen LogP contribution is 2.50. The third kappa shape index (κ3) is 1.20. The zero-order valence-corrected chi connectivity index (χ0v) is 8.28. The van der Waals surface area contributed by atoms with Crippen molar-refractivity contribution in [2.75, 3.05) is 0 Å². The van der Waals surface area contributed by atoms with Crippen molar-refractivity contribution in [2.24, 2.45) is 23.7 Å². The van der Waals surface area contributed by atoms with E-state index in [0.717, 1.165) is 30.3 Å². The topological polar surface area (TPSA) is 37.3 Å². The Morgan fingerprint density at radius 1 is 1.14 bits per heavy atom. The maximum absolute atomic E-state index is 11.1. The predicted octanol–water partition coefficient (Wildman–Crippen LogP) is 2.45. The van der Waals surface area contributed by atoms with Gasteiger partial charge in [-0.25, -0.2) is 4.79 Å². The summed E-state index contributed by atoms with van der Waals surface area (Å²) in [5.41, 5.74) is 0.736. The average molecular weight is 192 g/mol. The summed E-state index contributed by atoms with van der Waals surface area (Å²) in [6.45, 7) is 0. The molecule has 4 aliphatic carbocycles. The summed E-state index contributed by atoms with van der Waals surface area (Å²) < 4.78 is 0. The summed E-state index contributed by atoms with van der Waals surface area (Å²) in [6.07, 6.45) is 8.24. The average Bonchev–Trinajstić information content (AvgIpc) is 2.30. The van der Waals surface area contributed by atoms with Gasteiger partial charge in [0.25, 0.3) is 0 Å². The van der Waals surface area contributed by atoms with E-state index in [2.05, 4.69) is 6.08 Å². The van der Waals surface area contributed by atoms with E-state index < -0.39 is 5.97 Å². The van der Waals surface area contributed by atoms with Crippen LogP contribution < -0.4 is 0 Å². The van der Waals surface area contributed by atoms with Crippen molar-refractivity contribution in [3.8, 4) is 0 Å². The number of allylic oxidation sites excluding steroid dienone is 1. The molecule has 2 fully saturated rings. The maximum Gasteiger partial charge on any atom is 0.331 e. The predicted molar refractivity (Wildman–Crippen MR) is 52.8 cm³/mol. The first-order valence-corrected chi connectivity index (χ1v) is 5.67. The van der Waals surface area contributed by atoms with Crippen LogP contribution in [0.15, 0.2) is 11.6 Å². The number of carbonyl (C=O) groups is 1. The summed E-state index contributed by atoms with van der Waals surface area (Å²) in [6, 6.07) is 0. The van der Waals surface area contributed by atoms with E-state index in [0.29, 0.717) is 11.8 Å². The van der Waals surface area contributed by atoms with Crippen molar-refractivity contribution >= 4 is 5.97 Å². The van der Waals surface area contributed by atoms with Crippen molar-refractivity contribution in [3.05, 3.63) is 11.6 Å². The van der Waals surface area contributed by atoms with E-state index in [1.54, 1.807) is 0 Å². The third-order valence-electron chi connectivity index (χ3n) is 4.28. The molecule has 1 N–H and O–H groups in total. The van der Waals surface area contributed by atoms with Crippen LogP contribution >= 0.6 is 0 Å². The van der Waals surface area contributed by atoms with E-state index in [9.17, 15) is 4.79 Å². The SMILES string of the molecule is O=C(O)C1=CC2CC3CC(C2)CC1C3. The quantitative estimate of drug-likeness (QED) is 0.693. The molecule has 14 heavy (non-hydrogen) atoms. The van der Waals surface area contributed by atoms with E-state index >= 15 is 0 Å². The lowest BCUT2D eigenvalue weighted by Crippen LogP contribution is -2.28. The van der Waals surface area contributed by atoms with Crippen LogP contribution in [0.3, 0.4) is 0 Å². The summed E-state index contributed by atoms with van der Waals surface area (Å²) in [5.74, 6) is 1.94. The Labute approximate surface area is 84.0 Å². The Morgan fingerprint density at radius 2 is 1.79 bits per heavy atom. The number of rotatable bonds is 1. The molecule has 0 aliphatic heterocycles. The van der Waals surface area contributed by atoms with Gasteiger partial charge >= 0.3 is 5.97 Å². The Bertz CT molecular complexity index is 291. The van der Waals surface area contributed by atoms with Crippen LogP contribution in [0.2, 0.25) is 0 Å². The first-order valence-electron chi connectivity index (χ1n) is 5.67. The second kappa shape index (κ2) is 2.85. The minimum Gasteiger partial charge on any atom is -0.478 e. The number of carboxylic acids is 1. The van der Waals surface area contributed by atoms with Gasteiger partial charge in [0.2, 0.25) is 0 Å². The monoisotopic (exact) mass is 192 g/mol. The molecular formula is C12H16O2. The van der Waals surface area contributed by atoms with Gasteiger partial charge in [-0.1, -0.05) is 6.08 Å². The minimum absolute atomic E-state index is 0.378. The van der Waals surface area contributed by atoms with Crippen molar-refractivity contribution < 1.29 is 9.90 Å². The third-order valence-corrected chi connectivity index (χ3v) is 4.28. The fourth-order valence-electron chi connectivity index (χ4n) is 3.93. The lowest BCUT2D eigenvalue weighted by atomic mass is 9.67. The molecular weight excluding hydrogens is 176 g/mol. The molecule has 4 bridgehead atoms. The number of hydrogen-bond donors (Lipinski definition) is 1. The lowest BCUT2D eigenvalue weighted by Gasteiger charge is -2.38. The van der Waals surface area contributed by atoms with Crippen LogP contribution in [0.25, 0.3) is 0 Å². The molecule has 2 nitrogen and oxygen atoms in total. The summed E-state index contributed by atoms with van der Waals surface area (Å²) >= 11 is 0. The molecule has 0 aromatic carbocycles. The molecule has 2 saturated carbocycles. The van der Waals surface area contributed by atoms with Crippen LogP contribution in [0.1, 0.15) is 32.1 Å². The van der Waals surface area contributed by atoms with Gasteiger partial charge in [-0.05, 0) is 55.8 Å². The molecule has 0 spiro atoms. The fourth-order valence-corrected chi connectivity index (χ4v) is 3.93. The van der Waals surface area contributed by atoms with Crippen molar-refractivity contribution in [1.82, 2.24) is 0 Å². The smallest absolute Gasteiger partial charge is 0.331 e. The van der Waals surface area contributed by atoms with Gasteiger partial charge in [-0.3, -0.25) is 0 Å². The minimum atomic E-state index is -0.664. The highest BCUT2D eigenvalue weighted by Gasteiger charge is 2.41. The second-order valence-electron chi connectivity index (χ2n) is 5.29. The van der Waals surface area contributed by atoms with Gasteiger partial charge < -0.3 is 5.11 Å². The second-order valence-corrected chi connectivity index (χ2v) is 5.29. The van der Waals surface area contributed by atoms with Crippen molar-refractivity contribution in [3.63, 3.8) is 0 Å². The molecule has 2 atom stereocenters. The molecule has 0 amide bonds. The van der Waals surface area contributed by atoms with Crippen molar-refractivity contribution in [2.45, 2.75) is 32.1 Å². The number of hydrogen-bond acceptors (Lipinski definition) is 1. The van der Waals surface area contributed by atoms with E-state index in [1.165, 1.54) is 19.3 Å². The standard InChI is InChI=1S/C12H16O2/c13-12(14)11-6-9-2-7-1-8(3-9)5-10(11)4-7/h6-10H,1-5H2,(H,13,14). The van der Waals surface area contributed by atoms with Gasteiger partial charge in [0, 0.05) is 5.57 Å². The summed E-state index contributed by atoms with van der Waals surface area (Å²) in [4.78, 5) is 11.1.